The molecule has 0 spiro atoms. The summed E-state index contributed by atoms with van der Waals surface area (Å²) in [6.07, 6.45) is 50.2. The first-order valence-electron chi connectivity index (χ1n) is 20.5. The molecule has 0 aromatic rings. The van der Waals surface area contributed by atoms with Crippen LogP contribution in [0.25, 0.3) is 0 Å². The van der Waals surface area contributed by atoms with Gasteiger partial charge in [-0.3, -0.25) is 9.59 Å². The molecule has 4 nitrogen and oxygen atoms in total. The number of carboxylic acids is 1. The Kier molecular flexibility index (Phi) is 37.1. The van der Waals surface area contributed by atoms with Crippen molar-refractivity contribution < 1.29 is 19.4 Å². The fraction of sp³-hybridized carbons (Fsp3) is 0.814. The third-order valence-electron chi connectivity index (χ3n) is 9.08. The Bertz CT molecular complexity index is 753. The quantitative estimate of drug-likeness (QED) is 0.0410. The van der Waals surface area contributed by atoms with Crippen LogP contribution < -0.4 is 0 Å². The lowest BCUT2D eigenvalue weighted by molar-refractivity contribution is -0.150. The minimum atomic E-state index is -0.705. The molecule has 0 aliphatic rings. The van der Waals surface area contributed by atoms with Crippen LogP contribution in [0.5, 0.6) is 0 Å². The van der Waals surface area contributed by atoms with Crippen molar-refractivity contribution in [3.05, 3.63) is 36.5 Å². The minimum Gasteiger partial charge on any atom is -0.481 e. The zero-order valence-electron chi connectivity index (χ0n) is 31.3. The van der Waals surface area contributed by atoms with Gasteiger partial charge in [-0.2, -0.15) is 0 Å². The van der Waals surface area contributed by atoms with Gasteiger partial charge in [0, 0.05) is 12.8 Å². The van der Waals surface area contributed by atoms with Gasteiger partial charge in [0.15, 0.2) is 0 Å². The number of hydrogen-bond acceptors (Lipinski definition) is 3. The number of carboxylic acid groups (broad SMARTS) is 1. The third kappa shape index (κ3) is 38.5. The molecule has 1 unspecified atom stereocenters. The summed E-state index contributed by atoms with van der Waals surface area (Å²) in [5.41, 5.74) is 0. The third-order valence-corrected chi connectivity index (χ3v) is 9.08. The molecule has 47 heavy (non-hydrogen) atoms. The Labute approximate surface area is 292 Å². The van der Waals surface area contributed by atoms with E-state index in [0.717, 1.165) is 77.0 Å². The van der Waals surface area contributed by atoms with Gasteiger partial charge >= 0.3 is 11.9 Å². The number of unbranched alkanes of at least 4 members (excludes halogenated alkanes) is 22. The summed E-state index contributed by atoms with van der Waals surface area (Å²) in [5.74, 6) is -0.725. The molecular formula is C43H78O4. The Morgan fingerprint density at radius 1 is 0.468 bits per heavy atom. The van der Waals surface area contributed by atoms with Crippen LogP contribution in [0.4, 0.5) is 0 Å². The van der Waals surface area contributed by atoms with Gasteiger partial charge in [0.2, 0.25) is 0 Å². The Hall–Kier alpha value is -1.84. The van der Waals surface area contributed by atoms with Crippen LogP contribution in [0.3, 0.4) is 0 Å². The van der Waals surface area contributed by atoms with Crippen LogP contribution in [-0.4, -0.2) is 23.1 Å². The van der Waals surface area contributed by atoms with Gasteiger partial charge in [0.05, 0.1) is 0 Å². The molecule has 0 rings (SSSR count). The molecule has 0 bridgehead atoms. The Morgan fingerprint density at radius 2 is 0.851 bits per heavy atom. The number of aliphatic carboxylic acids is 1. The lowest BCUT2D eigenvalue weighted by atomic mass is 10.0. The maximum Gasteiger partial charge on any atom is 0.306 e. The highest BCUT2D eigenvalue weighted by atomic mass is 16.5. The first-order chi connectivity index (χ1) is 23.1. The van der Waals surface area contributed by atoms with Crippen molar-refractivity contribution >= 4 is 11.9 Å². The van der Waals surface area contributed by atoms with E-state index in [0.29, 0.717) is 6.42 Å². The molecule has 0 saturated heterocycles. The minimum absolute atomic E-state index is 0.0202. The van der Waals surface area contributed by atoms with Crippen LogP contribution in [0.1, 0.15) is 219 Å². The molecule has 0 radical (unpaired) electrons. The topological polar surface area (TPSA) is 63.6 Å². The second kappa shape index (κ2) is 38.6. The van der Waals surface area contributed by atoms with Gasteiger partial charge in [0.1, 0.15) is 6.10 Å². The maximum atomic E-state index is 12.7. The molecule has 4 heteroatoms. The smallest absolute Gasteiger partial charge is 0.306 e. The highest BCUT2D eigenvalue weighted by Crippen LogP contribution is 2.18. The first kappa shape index (κ1) is 45.2. The number of hydrogen-bond donors (Lipinski definition) is 1. The Morgan fingerprint density at radius 3 is 1.38 bits per heavy atom. The fourth-order valence-electron chi connectivity index (χ4n) is 6.04. The van der Waals surface area contributed by atoms with Crippen molar-refractivity contribution in [1.82, 2.24) is 0 Å². The van der Waals surface area contributed by atoms with E-state index < -0.39 is 5.97 Å². The summed E-state index contributed by atoms with van der Waals surface area (Å²) in [4.78, 5) is 23.4. The van der Waals surface area contributed by atoms with Gasteiger partial charge < -0.3 is 9.84 Å². The van der Waals surface area contributed by atoms with Crippen LogP contribution in [0.15, 0.2) is 36.5 Å². The predicted molar refractivity (Wildman–Crippen MR) is 204 cm³/mol. The zero-order valence-corrected chi connectivity index (χ0v) is 31.3. The predicted octanol–water partition coefficient (Wildman–Crippen LogP) is 14.2. The molecule has 0 aromatic carbocycles. The fourth-order valence-corrected chi connectivity index (χ4v) is 6.04. The summed E-state index contributed by atoms with van der Waals surface area (Å²) in [6, 6.07) is 0. The molecule has 0 aliphatic carbocycles. The summed E-state index contributed by atoms with van der Waals surface area (Å²) < 4.78 is 5.98. The van der Waals surface area contributed by atoms with Gasteiger partial charge in [-0.15, -0.1) is 0 Å². The van der Waals surface area contributed by atoms with E-state index in [1.807, 2.05) is 0 Å². The average Bonchev–Trinajstić information content (AvgIpc) is 3.05. The summed E-state index contributed by atoms with van der Waals surface area (Å²) in [6.45, 7) is 4.53. The average molecular weight is 659 g/mol. The highest BCUT2D eigenvalue weighted by molar-refractivity contribution is 5.69. The van der Waals surface area contributed by atoms with E-state index in [2.05, 4.69) is 50.3 Å². The van der Waals surface area contributed by atoms with E-state index >= 15 is 0 Å². The number of carbonyl (C=O) groups is 2. The largest absolute Gasteiger partial charge is 0.481 e. The molecule has 0 fully saturated rings. The Balaban J connectivity index is 4.03. The molecule has 0 amide bonds. The second-order valence-electron chi connectivity index (χ2n) is 13.8. The lowest BCUT2D eigenvalue weighted by Crippen LogP contribution is -2.18. The van der Waals surface area contributed by atoms with Crippen molar-refractivity contribution in [2.45, 2.75) is 225 Å². The first-order valence-corrected chi connectivity index (χ1v) is 20.5. The van der Waals surface area contributed by atoms with Gasteiger partial charge in [-0.25, -0.2) is 0 Å². The van der Waals surface area contributed by atoms with Crippen molar-refractivity contribution in [2.75, 3.05) is 0 Å². The maximum absolute atomic E-state index is 12.7. The molecular weight excluding hydrogens is 580 g/mol. The summed E-state index contributed by atoms with van der Waals surface area (Å²) >= 11 is 0. The molecule has 274 valence electrons. The van der Waals surface area contributed by atoms with Crippen molar-refractivity contribution in [2.24, 2.45) is 0 Å². The van der Waals surface area contributed by atoms with Gasteiger partial charge in [0.25, 0.3) is 0 Å². The van der Waals surface area contributed by atoms with E-state index in [4.69, 9.17) is 9.84 Å². The number of rotatable bonds is 37. The van der Waals surface area contributed by atoms with Crippen molar-refractivity contribution in [3.63, 3.8) is 0 Å². The van der Waals surface area contributed by atoms with E-state index in [-0.39, 0.29) is 18.5 Å². The highest BCUT2D eigenvalue weighted by Gasteiger charge is 2.14. The molecule has 0 heterocycles. The van der Waals surface area contributed by atoms with E-state index in [1.54, 1.807) is 0 Å². The van der Waals surface area contributed by atoms with E-state index in [1.165, 1.54) is 116 Å². The van der Waals surface area contributed by atoms with Crippen LogP contribution in [0.2, 0.25) is 0 Å². The second-order valence-corrected chi connectivity index (χ2v) is 13.8. The number of esters is 1. The number of carbonyl (C=O) groups excluding carboxylic acids is 1. The van der Waals surface area contributed by atoms with Gasteiger partial charge in [-0.1, -0.05) is 153 Å². The monoisotopic (exact) mass is 659 g/mol. The van der Waals surface area contributed by atoms with Crippen LogP contribution >= 0.6 is 0 Å². The summed E-state index contributed by atoms with van der Waals surface area (Å²) in [7, 11) is 0. The zero-order chi connectivity index (χ0) is 34.3. The van der Waals surface area contributed by atoms with E-state index in [9.17, 15) is 9.59 Å². The molecule has 0 aromatic heterocycles. The number of allylic oxidation sites excluding steroid dienone is 6. The molecule has 0 saturated carbocycles. The summed E-state index contributed by atoms with van der Waals surface area (Å²) in [5, 5.41) is 8.82. The number of ether oxygens (including phenoxy) is 1. The molecule has 0 aliphatic heterocycles. The lowest BCUT2D eigenvalue weighted by Gasteiger charge is -2.18. The SMILES string of the molecule is CCCCCC/C=C\C/C=C\CCCCCCCCCC(=O)OC(CCC/C=C\CCCCCCCC)CCCCCCCC(=O)O. The normalized spacial score (nSPS) is 12.6. The van der Waals surface area contributed by atoms with Gasteiger partial charge in [-0.05, 0) is 89.9 Å². The van der Waals surface area contributed by atoms with Crippen molar-refractivity contribution in [1.29, 1.82) is 0 Å². The molecule has 1 atom stereocenters. The van der Waals surface area contributed by atoms with Crippen LogP contribution in [-0.2, 0) is 14.3 Å². The molecule has 1 N–H and O–H groups in total. The van der Waals surface area contributed by atoms with Crippen molar-refractivity contribution in [3.8, 4) is 0 Å². The van der Waals surface area contributed by atoms with Crippen LogP contribution in [0, 0.1) is 0 Å². The standard InChI is InChI=1S/C43H78O4/c1-3-5-7-9-11-13-15-16-17-18-19-20-21-23-25-27-32-36-40-43(46)47-41(38-34-30-28-31-35-39-42(44)45)37-33-29-26-24-22-14-12-10-8-6-4-2/h13,15,17-18,24,26,41H,3-12,14,16,19-23,25,27-40H2,1-2H3,(H,44,45)/b15-13-,18-17-,26-24-.